The van der Waals surface area contributed by atoms with Crippen molar-refractivity contribution in [1.82, 2.24) is 4.57 Å². The second kappa shape index (κ2) is 6.87. The highest BCUT2D eigenvalue weighted by atomic mass is 32.2. The van der Waals surface area contributed by atoms with Gasteiger partial charge in [-0.25, -0.2) is 0 Å². The number of carbonyl (C=O) groups is 1. The van der Waals surface area contributed by atoms with Gasteiger partial charge < -0.3 is 9.30 Å². The topological polar surface area (TPSA) is 31.2 Å². The molecule has 0 saturated heterocycles. The minimum Gasteiger partial charge on any atom is -0.384 e. The number of hydrogen-bond donors (Lipinski definition) is 0. The molecule has 1 rings (SSSR count). The number of rotatable bonds is 7. The number of methoxy groups -OCH3 is 1. The van der Waals surface area contributed by atoms with Gasteiger partial charge in [0.25, 0.3) is 0 Å². The number of ether oxygens (including phenoxy) is 1. The van der Waals surface area contributed by atoms with Gasteiger partial charge in [-0.05, 0) is 26.8 Å². The van der Waals surface area contributed by atoms with Gasteiger partial charge in [-0.2, -0.15) is 11.8 Å². The fraction of sp³-hybridized carbons (Fsp3) is 0.615. The molecule has 0 N–H and O–H groups in total. The van der Waals surface area contributed by atoms with Crippen LogP contribution in [0.1, 0.15) is 28.7 Å². The van der Waals surface area contributed by atoms with Crippen LogP contribution in [0.25, 0.3) is 0 Å². The summed E-state index contributed by atoms with van der Waals surface area (Å²) in [5, 5.41) is 0. The van der Waals surface area contributed by atoms with Crippen LogP contribution in [0.15, 0.2) is 6.07 Å². The number of thioether (sulfide) groups is 1. The lowest BCUT2D eigenvalue weighted by atomic mass is 10.2. The van der Waals surface area contributed by atoms with Crippen molar-refractivity contribution >= 4 is 17.5 Å². The number of aryl methyl sites for hydroxylation is 1. The fourth-order valence-corrected chi connectivity index (χ4v) is 2.72. The number of Topliss-reactive ketones (excluding diaryl/α,β-unsaturated/α-hetero) is 1. The van der Waals surface area contributed by atoms with Gasteiger partial charge in [-0.3, -0.25) is 4.79 Å². The number of nitrogens with zero attached hydrogens (tertiary/aromatic N) is 1. The molecule has 0 radical (unpaired) electrons. The van der Waals surface area contributed by atoms with E-state index in [0.717, 1.165) is 29.2 Å². The summed E-state index contributed by atoms with van der Waals surface area (Å²) < 4.78 is 7.13. The lowest BCUT2D eigenvalue weighted by Crippen LogP contribution is -2.07. The van der Waals surface area contributed by atoms with Crippen molar-refractivity contribution in [2.45, 2.75) is 27.3 Å². The second-order valence-electron chi connectivity index (χ2n) is 4.00. The molecule has 0 bridgehead atoms. The monoisotopic (exact) mass is 255 g/mol. The smallest absolute Gasteiger partial charge is 0.174 e. The van der Waals surface area contributed by atoms with Crippen LogP contribution in [0.2, 0.25) is 0 Å². The summed E-state index contributed by atoms with van der Waals surface area (Å²) in [5.74, 6) is 1.63. The Morgan fingerprint density at radius 2 is 2.18 bits per heavy atom. The Kier molecular flexibility index (Phi) is 5.78. The highest BCUT2D eigenvalue weighted by molar-refractivity contribution is 8.00. The van der Waals surface area contributed by atoms with Crippen molar-refractivity contribution in [3.63, 3.8) is 0 Å². The second-order valence-corrected chi connectivity index (χ2v) is 5.10. The number of ketones is 1. The molecule has 0 amide bonds. The lowest BCUT2D eigenvalue weighted by molar-refractivity contribution is 0.102. The molecule has 0 aliphatic heterocycles. The number of hydrogen-bond acceptors (Lipinski definition) is 3. The molecule has 0 aromatic carbocycles. The Labute approximate surface area is 108 Å². The molecule has 4 heteroatoms. The number of carbonyl (C=O) groups excluding carboxylic acids is 1. The van der Waals surface area contributed by atoms with E-state index in [-0.39, 0.29) is 5.78 Å². The molecule has 0 fully saturated rings. The van der Waals surface area contributed by atoms with E-state index in [1.165, 1.54) is 0 Å². The Bertz CT molecular complexity index is 385. The average molecular weight is 255 g/mol. The van der Waals surface area contributed by atoms with Crippen LogP contribution in [-0.4, -0.2) is 35.6 Å². The van der Waals surface area contributed by atoms with Gasteiger partial charge in [-0.1, -0.05) is 0 Å². The predicted molar refractivity (Wildman–Crippen MR) is 73.1 cm³/mol. The highest BCUT2D eigenvalue weighted by Gasteiger charge is 2.14. The van der Waals surface area contributed by atoms with E-state index in [0.29, 0.717) is 12.4 Å². The van der Waals surface area contributed by atoms with Crippen LogP contribution in [0.4, 0.5) is 0 Å². The van der Waals surface area contributed by atoms with Crippen LogP contribution >= 0.6 is 11.8 Å². The van der Waals surface area contributed by atoms with Gasteiger partial charge in [0.15, 0.2) is 5.78 Å². The summed E-state index contributed by atoms with van der Waals surface area (Å²) in [6.07, 6.45) is 0. The van der Waals surface area contributed by atoms with E-state index in [2.05, 4.69) is 11.5 Å². The summed E-state index contributed by atoms with van der Waals surface area (Å²) in [6.45, 7) is 7.78. The van der Waals surface area contributed by atoms with Crippen molar-refractivity contribution < 1.29 is 9.53 Å². The Morgan fingerprint density at radius 1 is 1.47 bits per heavy atom. The third-order valence-corrected chi connectivity index (χ3v) is 3.78. The van der Waals surface area contributed by atoms with Crippen LogP contribution in [0.3, 0.4) is 0 Å². The molecular formula is C13H21NO2S. The van der Waals surface area contributed by atoms with Gasteiger partial charge in [0.2, 0.25) is 0 Å². The zero-order chi connectivity index (χ0) is 12.8. The van der Waals surface area contributed by atoms with Gasteiger partial charge in [0.1, 0.15) is 0 Å². The van der Waals surface area contributed by atoms with Gasteiger partial charge >= 0.3 is 0 Å². The van der Waals surface area contributed by atoms with Crippen LogP contribution in [0, 0.1) is 13.8 Å². The summed E-state index contributed by atoms with van der Waals surface area (Å²) >= 11 is 1.63. The van der Waals surface area contributed by atoms with Crippen molar-refractivity contribution in [3.05, 3.63) is 23.0 Å². The molecule has 96 valence electrons. The van der Waals surface area contributed by atoms with E-state index in [1.807, 2.05) is 19.9 Å². The molecule has 0 spiro atoms. The van der Waals surface area contributed by atoms with Crippen LogP contribution in [0.5, 0.6) is 0 Å². The normalized spacial score (nSPS) is 10.8. The predicted octanol–water partition coefficient (Wildman–Crippen LogP) is 2.69. The van der Waals surface area contributed by atoms with E-state index >= 15 is 0 Å². The van der Waals surface area contributed by atoms with Crippen LogP contribution < -0.4 is 0 Å². The molecule has 1 aromatic heterocycles. The fourth-order valence-electron chi connectivity index (χ4n) is 1.95. The minimum absolute atomic E-state index is 0.221. The van der Waals surface area contributed by atoms with Gasteiger partial charge in [0.05, 0.1) is 12.4 Å². The third kappa shape index (κ3) is 3.61. The molecular weight excluding hydrogens is 234 g/mol. The average Bonchev–Trinajstić information content (AvgIpc) is 2.60. The minimum atomic E-state index is 0.221. The maximum atomic E-state index is 12.0. The summed E-state index contributed by atoms with van der Waals surface area (Å²) in [4.78, 5) is 12.0. The first-order valence-electron chi connectivity index (χ1n) is 5.88. The Morgan fingerprint density at radius 3 is 2.71 bits per heavy atom. The summed E-state index contributed by atoms with van der Waals surface area (Å²) in [7, 11) is 1.68. The third-order valence-electron chi connectivity index (χ3n) is 2.86. The van der Waals surface area contributed by atoms with E-state index < -0.39 is 0 Å². The quantitative estimate of drug-likeness (QED) is 0.554. The highest BCUT2D eigenvalue weighted by Crippen LogP contribution is 2.17. The Hall–Kier alpha value is -0.740. The summed E-state index contributed by atoms with van der Waals surface area (Å²) in [6, 6.07) is 2.00. The van der Waals surface area contributed by atoms with Crippen LogP contribution in [-0.2, 0) is 11.3 Å². The van der Waals surface area contributed by atoms with Crippen molar-refractivity contribution in [1.29, 1.82) is 0 Å². The largest absolute Gasteiger partial charge is 0.384 e. The molecule has 17 heavy (non-hydrogen) atoms. The van der Waals surface area contributed by atoms with E-state index in [9.17, 15) is 4.79 Å². The molecule has 1 heterocycles. The van der Waals surface area contributed by atoms with E-state index in [4.69, 9.17) is 4.74 Å². The summed E-state index contributed by atoms with van der Waals surface area (Å²) in [5.41, 5.74) is 3.12. The zero-order valence-corrected chi connectivity index (χ0v) is 11.9. The van der Waals surface area contributed by atoms with Crippen molar-refractivity contribution in [2.24, 2.45) is 0 Å². The maximum Gasteiger partial charge on any atom is 0.174 e. The molecule has 0 unspecified atom stereocenters. The first kappa shape index (κ1) is 14.3. The van der Waals surface area contributed by atoms with Gasteiger partial charge in [0, 0.05) is 36.4 Å². The molecule has 0 saturated carbocycles. The number of aromatic nitrogens is 1. The molecule has 0 aliphatic carbocycles. The first-order chi connectivity index (χ1) is 8.11. The van der Waals surface area contributed by atoms with E-state index in [1.54, 1.807) is 18.9 Å². The molecule has 0 aliphatic rings. The molecule has 1 aromatic rings. The molecule has 3 nitrogen and oxygen atoms in total. The standard InChI is InChI=1S/C13H21NO2S/c1-5-14-10(2)8-12(11(14)3)13(15)9-17-7-6-16-4/h8H,5-7,9H2,1-4H3. The Balaban J connectivity index is 2.63. The van der Waals surface area contributed by atoms with Crippen molar-refractivity contribution in [3.8, 4) is 0 Å². The zero-order valence-electron chi connectivity index (χ0n) is 11.1. The van der Waals surface area contributed by atoms with Crippen molar-refractivity contribution in [2.75, 3.05) is 25.2 Å². The SMILES string of the molecule is CCn1c(C)cc(C(=O)CSCCOC)c1C. The lowest BCUT2D eigenvalue weighted by Gasteiger charge is -2.05. The maximum absolute atomic E-state index is 12.0. The van der Waals surface area contributed by atoms with Gasteiger partial charge in [-0.15, -0.1) is 0 Å². The molecule has 0 atom stereocenters. The first-order valence-corrected chi connectivity index (χ1v) is 7.03.